The summed E-state index contributed by atoms with van der Waals surface area (Å²) >= 11 is 0. The molecule has 1 aromatic rings. The van der Waals surface area contributed by atoms with Gasteiger partial charge in [0.2, 0.25) is 5.88 Å². The molecule has 2 rings (SSSR count). The van der Waals surface area contributed by atoms with Crippen LogP contribution in [0.5, 0.6) is 11.5 Å². The fraction of sp³-hybridized carbons (Fsp3) is 0.312. The molecule has 1 aromatic carbocycles. The van der Waals surface area contributed by atoms with E-state index in [2.05, 4.69) is 12.6 Å². The Hall–Kier alpha value is -2.41. The van der Waals surface area contributed by atoms with Gasteiger partial charge in [0, 0.05) is 11.5 Å². The van der Waals surface area contributed by atoms with Gasteiger partial charge >= 0.3 is 0 Å². The average Bonchev–Trinajstić information content (AvgIpc) is 2.45. The Morgan fingerprint density at radius 3 is 2.75 bits per heavy atom. The van der Waals surface area contributed by atoms with E-state index >= 15 is 0 Å². The number of allylic oxidation sites excluding steroid dienone is 2. The summed E-state index contributed by atoms with van der Waals surface area (Å²) in [5.74, 6) is 1.33. The Labute approximate surface area is 119 Å². The van der Waals surface area contributed by atoms with Crippen molar-refractivity contribution >= 4 is 0 Å². The number of nitriles is 1. The Bertz CT molecular complexity index is 624. The number of rotatable bonds is 3. The van der Waals surface area contributed by atoms with E-state index in [1.807, 2.05) is 26.0 Å². The van der Waals surface area contributed by atoms with Crippen molar-refractivity contribution in [3.8, 4) is 17.6 Å². The predicted molar refractivity (Wildman–Crippen MR) is 77.2 cm³/mol. The number of hydrogen-bond acceptors (Lipinski definition) is 4. The van der Waals surface area contributed by atoms with Gasteiger partial charge in [-0.1, -0.05) is 19.9 Å². The van der Waals surface area contributed by atoms with Crippen molar-refractivity contribution in [2.45, 2.75) is 19.8 Å². The van der Waals surface area contributed by atoms with Gasteiger partial charge in [-0.2, -0.15) is 5.26 Å². The molecule has 0 spiro atoms. The number of nitrogens with zero attached hydrogens (tertiary/aromatic N) is 1. The van der Waals surface area contributed by atoms with Gasteiger partial charge in [0.25, 0.3) is 0 Å². The molecule has 0 radical (unpaired) electrons. The molecule has 1 atom stereocenters. The van der Waals surface area contributed by atoms with Gasteiger partial charge in [0.05, 0.1) is 12.7 Å². The van der Waals surface area contributed by atoms with Gasteiger partial charge in [0.15, 0.2) is 0 Å². The molecule has 0 fully saturated rings. The minimum atomic E-state index is -0.333. The van der Waals surface area contributed by atoms with Crippen molar-refractivity contribution < 1.29 is 9.47 Å². The van der Waals surface area contributed by atoms with Crippen molar-refractivity contribution in [3.05, 3.63) is 47.9 Å². The van der Waals surface area contributed by atoms with Crippen LogP contribution in [-0.2, 0) is 0 Å². The zero-order valence-electron chi connectivity index (χ0n) is 11.9. The largest absolute Gasteiger partial charge is 0.497 e. The summed E-state index contributed by atoms with van der Waals surface area (Å²) in [5, 5.41) is 9.41. The first-order valence-electron chi connectivity index (χ1n) is 6.33. The minimum Gasteiger partial charge on any atom is -0.497 e. The SMILES string of the molecule is C=CC(C)(C)C1C(C#N)=C(N)Oc2ccc(OC)cc21. The summed E-state index contributed by atoms with van der Waals surface area (Å²) in [6.45, 7) is 7.91. The molecule has 20 heavy (non-hydrogen) atoms. The zero-order chi connectivity index (χ0) is 14.9. The predicted octanol–water partition coefficient (Wildman–Crippen LogP) is 3.08. The number of hydrogen-bond donors (Lipinski definition) is 1. The Kier molecular flexibility index (Phi) is 3.46. The first-order valence-corrected chi connectivity index (χ1v) is 6.33. The highest BCUT2D eigenvalue weighted by Gasteiger charge is 2.38. The van der Waals surface area contributed by atoms with Gasteiger partial charge in [-0.05, 0) is 23.6 Å². The van der Waals surface area contributed by atoms with Crippen molar-refractivity contribution in [2.75, 3.05) is 7.11 Å². The molecule has 2 N–H and O–H groups in total. The molecule has 1 aliphatic heterocycles. The number of ether oxygens (including phenoxy) is 2. The number of methoxy groups -OCH3 is 1. The lowest BCUT2D eigenvalue weighted by Gasteiger charge is -2.35. The number of nitrogens with two attached hydrogens (primary N) is 1. The lowest BCUT2D eigenvalue weighted by Crippen LogP contribution is -2.29. The second-order valence-corrected chi connectivity index (χ2v) is 5.35. The second-order valence-electron chi connectivity index (χ2n) is 5.35. The molecule has 0 aliphatic carbocycles. The first kappa shape index (κ1) is 14.0. The zero-order valence-corrected chi connectivity index (χ0v) is 11.9. The maximum Gasteiger partial charge on any atom is 0.205 e. The summed E-state index contributed by atoms with van der Waals surface area (Å²) in [7, 11) is 1.61. The minimum absolute atomic E-state index is 0.157. The third-order valence-corrected chi connectivity index (χ3v) is 3.69. The van der Waals surface area contributed by atoms with E-state index in [0.717, 1.165) is 11.3 Å². The van der Waals surface area contributed by atoms with E-state index in [-0.39, 0.29) is 17.2 Å². The monoisotopic (exact) mass is 270 g/mol. The fourth-order valence-electron chi connectivity index (χ4n) is 2.45. The highest BCUT2D eigenvalue weighted by molar-refractivity contribution is 5.54. The van der Waals surface area contributed by atoms with Crippen molar-refractivity contribution in [2.24, 2.45) is 11.1 Å². The van der Waals surface area contributed by atoms with Crippen LogP contribution in [-0.4, -0.2) is 7.11 Å². The standard InChI is InChI=1S/C16H18N2O2/c1-5-16(2,3)14-11-8-10(19-4)6-7-13(11)20-15(18)12(14)9-17/h5-8,14H,1,18H2,2-4H3. The Balaban J connectivity index is 2.68. The third kappa shape index (κ3) is 2.12. The van der Waals surface area contributed by atoms with E-state index in [1.54, 1.807) is 19.2 Å². The van der Waals surface area contributed by atoms with Crippen LogP contribution in [0.25, 0.3) is 0 Å². The van der Waals surface area contributed by atoms with Crippen molar-refractivity contribution in [1.82, 2.24) is 0 Å². The Morgan fingerprint density at radius 2 is 2.20 bits per heavy atom. The second kappa shape index (κ2) is 4.93. The lowest BCUT2D eigenvalue weighted by molar-refractivity contribution is 0.335. The van der Waals surface area contributed by atoms with E-state index < -0.39 is 0 Å². The van der Waals surface area contributed by atoms with E-state index in [9.17, 15) is 5.26 Å². The highest BCUT2D eigenvalue weighted by atomic mass is 16.5. The topological polar surface area (TPSA) is 68.3 Å². The molecule has 1 aliphatic rings. The molecule has 1 unspecified atom stereocenters. The Morgan fingerprint density at radius 1 is 1.50 bits per heavy atom. The van der Waals surface area contributed by atoms with Crippen LogP contribution in [0.2, 0.25) is 0 Å². The maximum atomic E-state index is 9.41. The number of benzene rings is 1. The van der Waals surface area contributed by atoms with E-state index in [0.29, 0.717) is 11.3 Å². The van der Waals surface area contributed by atoms with Gasteiger partial charge in [-0.3, -0.25) is 0 Å². The van der Waals surface area contributed by atoms with Crippen LogP contribution < -0.4 is 15.2 Å². The molecule has 104 valence electrons. The highest BCUT2D eigenvalue weighted by Crippen LogP contribution is 2.49. The third-order valence-electron chi connectivity index (χ3n) is 3.69. The van der Waals surface area contributed by atoms with E-state index in [4.69, 9.17) is 15.2 Å². The molecule has 1 heterocycles. The molecule has 0 bridgehead atoms. The van der Waals surface area contributed by atoms with Crippen LogP contribution in [0.3, 0.4) is 0 Å². The maximum absolute atomic E-state index is 9.41. The molecule has 0 amide bonds. The van der Waals surface area contributed by atoms with Gasteiger partial charge < -0.3 is 15.2 Å². The van der Waals surface area contributed by atoms with Crippen LogP contribution in [0.1, 0.15) is 25.3 Å². The van der Waals surface area contributed by atoms with Gasteiger partial charge in [0.1, 0.15) is 17.6 Å². The average molecular weight is 270 g/mol. The molecule has 0 aromatic heterocycles. The van der Waals surface area contributed by atoms with Crippen molar-refractivity contribution in [1.29, 1.82) is 5.26 Å². The smallest absolute Gasteiger partial charge is 0.205 e. The van der Waals surface area contributed by atoms with Crippen LogP contribution in [0.4, 0.5) is 0 Å². The van der Waals surface area contributed by atoms with Gasteiger partial charge in [-0.15, -0.1) is 6.58 Å². The summed E-state index contributed by atoms with van der Waals surface area (Å²) < 4.78 is 10.8. The normalized spacial score (nSPS) is 17.8. The summed E-state index contributed by atoms with van der Waals surface area (Å²) in [5.41, 5.74) is 6.87. The van der Waals surface area contributed by atoms with Crippen LogP contribution >= 0.6 is 0 Å². The van der Waals surface area contributed by atoms with Crippen molar-refractivity contribution in [3.63, 3.8) is 0 Å². The van der Waals surface area contributed by atoms with Crippen LogP contribution in [0.15, 0.2) is 42.3 Å². The molecule has 4 heteroatoms. The number of fused-ring (bicyclic) bond motifs is 1. The molecular weight excluding hydrogens is 252 g/mol. The fourth-order valence-corrected chi connectivity index (χ4v) is 2.45. The molecule has 4 nitrogen and oxygen atoms in total. The summed E-state index contributed by atoms with van der Waals surface area (Å²) in [6.07, 6.45) is 1.83. The lowest BCUT2D eigenvalue weighted by atomic mass is 9.70. The summed E-state index contributed by atoms with van der Waals surface area (Å²) in [6, 6.07) is 7.66. The molecule has 0 saturated carbocycles. The summed E-state index contributed by atoms with van der Waals surface area (Å²) in [4.78, 5) is 0. The van der Waals surface area contributed by atoms with Gasteiger partial charge in [-0.25, -0.2) is 0 Å². The molecular formula is C16H18N2O2. The molecule has 0 saturated heterocycles. The quantitative estimate of drug-likeness (QED) is 0.857. The first-order chi connectivity index (χ1) is 9.44. The van der Waals surface area contributed by atoms with E-state index in [1.165, 1.54) is 0 Å². The van der Waals surface area contributed by atoms with Crippen LogP contribution in [0, 0.1) is 16.7 Å².